The Balaban J connectivity index is 1.14. The zero-order valence-electron chi connectivity index (χ0n) is 44.1. The molecule has 18 heteroatoms. The Morgan fingerprint density at radius 1 is 1.04 bits per heavy atom. The summed E-state index contributed by atoms with van der Waals surface area (Å²) in [4.78, 5) is 58.7. The van der Waals surface area contributed by atoms with Gasteiger partial charge in [0.25, 0.3) is 5.91 Å². The van der Waals surface area contributed by atoms with Gasteiger partial charge in [-0.2, -0.15) is 0 Å². The normalized spacial score (nSPS) is 27.0. The van der Waals surface area contributed by atoms with E-state index in [0.717, 1.165) is 83.4 Å². The molecule has 396 valence electrons. The van der Waals surface area contributed by atoms with Crippen LogP contribution in [-0.2, 0) is 55.8 Å². The number of benzene rings is 1. The van der Waals surface area contributed by atoms with Crippen LogP contribution in [0, 0.1) is 11.3 Å². The molecular formula is C55H76N8O9S. The maximum absolute atomic E-state index is 15.1. The minimum atomic E-state index is -1.07. The first-order chi connectivity index (χ1) is 35.1. The number of likely N-dealkylation sites (tertiary alicyclic amines) is 2. The number of pyridine rings is 1. The lowest BCUT2D eigenvalue weighted by atomic mass is 9.83. The number of hydrogen-bond acceptors (Lipinski definition) is 15. The standard InChI is InChI=1S/C55H76N8O9S/c1-33-28-71-49(33)50(64)58-46-48(61-30-55(5,31-61)68-8)51-57-43(29-73-51)36-11-12-44-39(24-36)41(26-54(3,4)32-72-53(66)42-10-9-17-63(59-42)52(46)65)47(62(44)20-23-70-38-15-21-69-22-16-38)40-25-37(27-56-45(40)34(2)67-7)35-13-18-60(6)19-14-35/h11-12,24-25,27,29,33-35,38,42,46,48-49,59H,9-10,13-23,26,28,30-32H2,1-8H3,(H,58,64)/t33-,34-,42-,46-,48-,49-/m0/s1. The molecule has 0 aliphatic carbocycles. The highest BCUT2D eigenvalue weighted by molar-refractivity contribution is 7.10. The molecule has 0 unspecified atom stereocenters. The molecule has 3 aromatic heterocycles. The average Bonchev–Trinajstić information content (AvgIpc) is 3.98. The van der Waals surface area contributed by atoms with Crippen molar-refractivity contribution in [1.82, 2.24) is 40.1 Å². The molecule has 17 nitrogen and oxygen atoms in total. The van der Waals surface area contributed by atoms with E-state index in [9.17, 15) is 9.59 Å². The first-order valence-electron chi connectivity index (χ1n) is 26.6. The maximum atomic E-state index is 15.1. The average molecular weight is 1030 g/mol. The summed E-state index contributed by atoms with van der Waals surface area (Å²) >= 11 is 1.48. The molecule has 0 radical (unpaired) electrons. The number of esters is 1. The summed E-state index contributed by atoms with van der Waals surface area (Å²) in [6.45, 7) is 16.9. The molecule has 9 heterocycles. The highest BCUT2D eigenvalue weighted by Crippen LogP contribution is 2.45. The van der Waals surface area contributed by atoms with Crippen molar-refractivity contribution in [3.05, 3.63) is 57.7 Å². The molecule has 73 heavy (non-hydrogen) atoms. The molecule has 0 saturated carbocycles. The van der Waals surface area contributed by atoms with Crippen LogP contribution in [0.25, 0.3) is 33.4 Å². The molecule has 2 amide bonds. The second kappa shape index (κ2) is 21.7. The van der Waals surface area contributed by atoms with E-state index in [1.807, 2.05) is 13.8 Å². The van der Waals surface area contributed by atoms with Crippen molar-refractivity contribution in [3.8, 4) is 22.5 Å². The lowest BCUT2D eigenvalue weighted by Crippen LogP contribution is -2.68. The molecular weight excluding hydrogens is 949 g/mol. The molecule has 6 aliphatic heterocycles. The summed E-state index contributed by atoms with van der Waals surface area (Å²) in [5.41, 5.74) is 10.3. The van der Waals surface area contributed by atoms with Crippen molar-refractivity contribution >= 4 is 40.0 Å². The van der Waals surface area contributed by atoms with E-state index in [-0.39, 0.29) is 36.5 Å². The topological polar surface area (TPSA) is 171 Å². The van der Waals surface area contributed by atoms with Gasteiger partial charge in [0, 0.05) is 98.6 Å². The molecule has 0 spiro atoms. The van der Waals surface area contributed by atoms with Gasteiger partial charge in [0.05, 0.1) is 60.8 Å². The van der Waals surface area contributed by atoms with Crippen molar-refractivity contribution in [2.24, 2.45) is 11.3 Å². The summed E-state index contributed by atoms with van der Waals surface area (Å²) in [5, 5.41) is 8.46. The van der Waals surface area contributed by atoms with Crippen LogP contribution in [0.2, 0.25) is 0 Å². The number of rotatable bonds is 12. The monoisotopic (exact) mass is 1020 g/mol. The number of hydrogen-bond donors (Lipinski definition) is 2. The Hall–Kier alpha value is -4.37. The number of carbonyl (C=O) groups excluding carboxylic acids is 3. The van der Waals surface area contributed by atoms with Crippen LogP contribution in [-0.4, -0.2) is 164 Å². The Kier molecular flexibility index (Phi) is 15.5. The molecule has 1 aromatic carbocycles. The third-order valence-corrected chi connectivity index (χ3v) is 17.3. The van der Waals surface area contributed by atoms with Gasteiger partial charge < -0.3 is 43.2 Å². The number of fused-ring (bicyclic) bond motifs is 6. The quantitative estimate of drug-likeness (QED) is 0.149. The number of methoxy groups -OCH3 is 2. The van der Waals surface area contributed by atoms with Crippen LogP contribution in [0.5, 0.6) is 0 Å². The molecule has 6 aliphatic rings. The second-order valence-electron chi connectivity index (χ2n) is 22.6. The number of carbonyl (C=O) groups is 3. The summed E-state index contributed by atoms with van der Waals surface area (Å²) in [7, 11) is 5.63. The molecule has 6 bridgehead atoms. The second-order valence-corrected chi connectivity index (χ2v) is 23.5. The minimum absolute atomic E-state index is 0.000545. The fourth-order valence-electron chi connectivity index (χ4n) is 11.8. The van der Waals surface area contributed by atoms with E-state index < -0.39 is 41.2 Å². The molecule has 10 rings (SSSR count). The third-order valence-electron chi connectivity index (χ3n) is 16.4. The zero-order chi connectivity index (χ0) is 51.2. The van der Waals surface area contributed by atoms with Gasteiger partial charge in [0.2, 0.25) is 5.91 Å². The van der Waals surface area contributed by atoms with Crippen LogP contribution in [0.4, 0.5) is 0 Å². The summed E-state index contributed by atoms with van der Waals surface area (Å²) in [6, 6.07) is 6.47. The smallest absolute Gasteiger partial charge is 0.324 e. The minimum Gasteiger partial charge on any atom is -0.464 e. The van der Waals surface area contributed by atoms with Gasteiger partial charge in [-0.1, -0.05) is 26.8 Å². The number of cyclic esters (lactones) is 1. The molecule has 5 fully saturated rings. The zero-order valence-corrected chi connectivity index (χ0v) is 44.9. The first kappa shape index (κ1) is 52.1. The van der Waals surface area contributed by atoms with Gasteiger partial charge in [-0.25, -0.2) is 10.4 Å². The fourth-order valence-corrected chi connectivity index (χ4v) is 12.7. The van der Waals surface area contributed by atoms with E-state index in [1.165, 1.54) is 21.9 Å². The predicted octanol–water partition coefficient (Wildman–Crippen LogP) is 6.44. The number of aromatic nitrogens is 3. The Labute approximate surface area is 433 Å². The summed E-state index contributed by atoms with van der Waals surface area (Å²) in [5.74, 6) is -0.764. The lowest BCUT2D eigenvalue weighted by Gasteiger charge is -2.51. The van der Waals surface area contributed by atoms with Gasteiger partial charge in [-0.05, 0) is 114 Å². The number of ether oxygens (including phenoxy) is 6. The van der Waals surface area contributed by atoms with E-state index >= 15 is 4.79 Å². The Bertz CT molecular complexity index is 2630. The summed E-state index contributed by atoms with van der Waals surface area (Å²) in [6.07, 6.45) is 6.66. The van der Waals surface area contributed by atoms with Crippen LogP contribution in [0.3, 0.4) is 0 Å². The van der Waals surface area contributed by atoms with Gasteiger partial charge >= 0.3 is 5.97 Å². The number of piperidine rings is 1. The number of nitrogens with zero attached hydrogens (tertiary/aromatic N) is 6. The maximum Gasteiger partial charge on any atom is 0.324 e. The van der Waals surface area contributed by atoms with Crippen molar-refractivity contribution < 1.29 is 42.8 Å². The van der Waals surface area contributed by atoms with Gasteiger partial charge in [0.15, 0.2) is 0 Å². The third kappa shape index (κ3) is 10.9. The molecule has 6 atom stereocenters. The Morgan fingerprint density at radius 3 is 2.53 bits per heavy atom. The largest absolute Gasteiger partial charge is 0.464 e. The van der Waals surface area contributed by atoms with Crippen molar-refractivity contribution in [1.29, 1.82) is 0 Å². The van der Waals surface area contributed by atoms with E-state index in [2.05, 4.69) is 88.8 Å². The first-order valence-corrected chi connectivity index (χ1v) is 27.5. The van der Waals surface area contributed by atoms with Crippen LogP contribution in [0.15, 0.2) is 35.8 Å². The number of amides is 2. The highest BCUT2D eigenvalue weighted by atomic mass is 32.1. The van der Waals surface area contributed by atoms with Gasteiger partial charge in [-0.15, -0.1) is 11.3 Å². The Morgan fingerprint density at radius 2 is 1.82 bits per heavy atom. The van der Waals surface area contributed by atoms with E-state index in [0.29, 0.717) is 82.8 Å². The number of nitrogens with one attached hydrogen (secondary N) is 2. The molecule has 4 aromatic rings. The SMILES string of the molecule is CO[C@@H](C)c1ncc(C2CCN(C)CC2)cc1-c1c2c3cc(ccc3n1CCOC1CCOCC1)-c1csc(n1)[C@@H](N1CC(C)(OC)C1)[C@H](NC(=O)[C@H]1OC[C@@H]1C)C(=O)N1CCC[C@H](N1)C(=O)OCC(C)(C)C2. The summed E-state index contributed by atoms with van der Waals surface area (Å²) < 4.78 is 38.8. The number of thiazole rings is 1. The van der Waals surface area contributed by atoms with Gasteiger partial charge in [-0.3, -0.25) is 29.3 Å². The molecule has 2 N–H and O–H groups in total. The van der Waals surface area contributed by atoms with Crippen molar-refractivity contribution in [2.75, 3.05) is 87.0 Å². The van der Waals surface area contributed by atoms with Crippen LogP contribution in [0.1, 0.15) is 113 Å². The number of hydrazine groups is 1. The van der Waals surface area contributed by atoms with Crippen molar-refractivity contribution in [3.63, 3.8) is 0 Å². The lowest BCUT2D eigenvalue weighted by molar-refractivity contribution is -0.166. The predicted molar refractivity (Wildman–Crippen MR) is 278 cm³/mol. The highest BCUT2D eigenvalue weighted by Gasteiger charge is 2.50. The fraction of sp³-hybridized carbons (Fsp3) is 0.655. The van der Waals surface area contributed by atoms with Crippen LogP contribution < -0.4 is 10.7 Å². The van der Waals surface area contributed by atoms with Crippen molar-refractivity contribution in [2.45, 2.75) is 134 Å². The van der Waals surface area contributed by atoms with E-state index in [1.54, 1.807) is 14.2 Å². The van der Waals surface area contributed by atoms with Crippen LogP contribution >= 0.6 is 11.3 Å². The van der Waals surface area contributed by atoms with E-state index in [4.69, 9.17) is 38.4 Å². The van der Waals surface area contributed by atoms with Gasteiger partial charge in [0.1, 0.15) is 23.2 Å². The molecule has 5 saturated heterocycles.